The fourth-order valence-corrected chi connectivity index (χ4v) is 5.36. The van der Waals surface area contributed by atoms with E-state index >= 15 is 0 Å². The number of hydrogen-bond donors (Lipinski definition) is 3. The van der Waals surface area contributed by atoms with Crippen LogP contribution in [0.25, 0.3) is 0 Å². The lowest BCUT2D eigenvalue weighted by Gasteiger charge is -2.20. The summed E-state index contributed by atoms with van der Waals surface area (Å²) in [6.07, 6.45) is 36.8. The van der Waals surface area contributed by atoms with Crippen LogP contribution in [0.4, 0.5) is 0 Å². The van der Waals surface area contributed by atoms with Crippen LogP contribution < -0.4 is 5.32 Å². The van der Waals surface area contributed by atoms with E-state index in [9.17, 15) is 5.11 Å². The minimum atomic E-state index is -0.624. The monoisotopic (exact) mass is 512 g/mol. The largest absolute Gasteiger partial charge is 0.394 e. The highest BCUT2D eigenvalue weighted by Crippen LogP contribution is 2.17. The van der Waals surface area contributed by atoms with Crippen molar-refractivity contribution in [3.05, 3.63) is 0 Å². The van der Waals surface area contributed by atoms with E-state index in [-0.39, 0.29) is 6.61 Å². The van der Waals surface area contributed by atoms with Crippen LogP contribution in [0.2, 0.25) is 0 Å². The fraction of sp³-hybridized carbons (Fsp3) is 1.00. The average Bonchev–Trinajstić information content (AvgIpc) is 2.89. The van der Waals surface area contributed by atoms with Gasteiger partial charge in [0, 0.05) is 12.6 Å². The lowest BCUT2D eigenvalue weighted by Crippen LogP contribution is -2.37. The Morgan fingerprint density at radius 3 is 1.00 bits per heavy atom. The molecule has 0 aliphatic carbocycles. The number of nitrogens with one attached hydrogen (secondary N) is 1. The summed E-state index contributed by atoms with van der Waals surface area (Å²) in [6.45, 7) is 4.96. The van der Waals surface area contributed by atoms with Crippen LogP contribution in [0.5, 0.6) is 0 Å². The molecule has 0 fully saturated rings. The number of hydrogen-bond acceptors (Lipinski definition) is 3. The average molecular weight is 512 g/mol. The topological polar surface area (TPSA) is 52.5 Å². The Hall–Kier alpha value is -0.120. The molecule has 2 atom stereocenters. The van der Waals surface area contributed by atoms with Gasteiger partial charge in [0.15, 0.2) is 0 Å². The molecule has 0 amide bonds. The van der Waals surface area contributed by atoms with Gasteiger partial charge in [0.1, 0.15) is 0 Å². The summed E-state index contributed by atoms with van der Waals surface area (Å²) < 4.78 is 0. The van der Waals surface area contributed by atoms with Crippen molar-refractivity contribution in [3.8, 4) is 0 Å². The zero-order valence-corrected chi connectivity index (χ0v) is 25.1. The minimum absolute atomic E-state index is 0.142. The molecule has 0 rings (SSSR count). The third-order valence-electron chi connectivity index (χ3n) is 7.92. The molecule has 0 aromatic heterocycles. The van der Waals surface area contributed by atoms with E-state index in [0.717, 1.165) is 0 Å². The quantitative estimate of drug-likeness (QED) is 0.0811. The lowest BCUT2D eigenvalue weighted by atomic mass is 9.99. The Morgan fingerprint density at radius 1 is 0.444 bits per heavy atom. The second kappa shape index (κ2) is 31.1. The van der Waals surface area contributed by atoms with Gasteiger partial charge in [0.25, 0.3) is 0 Å². The van der Waals surface area contributed by atoms with E-state index in [1.165, 1.54) is 173 Å². The van der Waals surface area contributed by atoms with Crippen molar-refractivity contribution in [1.29, 1.82) is 0 Å². The molecule has 0 saturated carbocycles. The molecule has 218 valence electrons. The maximum atomic E-state index is 9.74. The van der Waals surface area contributed by atoms with Crippen LogP contribution in [0, 0.1) is 0 Å². The molecule has 3 nitrogen and oxygen atoms in total. The third kappa shape index (κ3) is 28.5. The standard InChI is InChI=1S/C33H69NO2/c1-3-5-7-9-11-13-15-16-17-18-19-21-23-25-27-29-32(34-30-33(36)31-35)28-26-24-22-20-14-12-10-8-6-4-2/h32-36H,3-31H2,1-2H3. The van der Waals surface area contributed by atoms with Gasteiger partial charge in [-0.05, 0) is 12.8 Å². The number of rotatable bonds is 31. The van der Waals surface area contributed by atoms with Crippen molar-refractivity contribution < 1.29 is 10.2 Å². The highest BCUT2D eigenvalue weighted by molar-refractivity contribution is 4.70. The highest BCUT2D eigenvalue weighted by atomic mass is 16.3. The summed E-state index contributed by atoms with van der Waals surface area (Å²) >= 11 is 0. The second-order valence-corrected chi connectivity index (χ2v) is 11.7. The van der Waals surface area contributed by atoms with Gasteiger partial charge in [0.05, 0.1) is 12.7 Å². The molecule has 0 bridgehead atoms. The molecule has 0 saturated heterocycles. The maximum absolute atomic E-state index is 9.74. The van der Waals surface area contributed by atoms with Crippen molar-refractivity contribution >= 4 is 0 Å². The van der Waals surface area contributed by atoms with Crippen molar-refractivity contribution in [2.75, 3.05) is 13.2 Å². The Labute approximate surface area is 228 Å². The molecule has 0 aliphatic rings. The van der Waals surface area contributed by atoms with Crippen molar-refractivity contribution in [1.82, 2.24) is 5.32 Å². The van der Waals surface area contributed by atoms with Gasteiger partial charge in [-0.25, -0.2) is 0 Å². The Morgan fingerprint density at radius 2 is 0.722 bits per heavy atom. The van der Waals surface area contributed by atoms with Crippen LogP contribution in [0.1, 0.15) is 187 Å². The molecule has 0 aromatic carbocycles. The van der Waals surface area contributed by atoms with E-state index in [2.05, 4.69) is 19.2 Å². The van der Waals surface area contributed by atoms with Gasteiger partial charge >= 0.3 is 0 Å². The summed E-state index contributed by atoms with van der Waals surface area (Å²) in [5.41, 5.74) is 0. The van der Waals surface area contributed by atoms with Crippen molar-refractivity contribution in [2.24, 2.45) is 0 Å². The van der Waals surface area contributed by atoms with Crippen molar-refractivity contribution in [2.45, 2.75) is 199 Å². The molecular weight excluding hydrogens is 442 g/mol. The van der Waals surface area contributed by atoms with Crippen LogP contribution in [-0.4, -0.2) is 35.5 Å². The smallest absolute Gasteiger partial charge is 0.0895 e. The first-order valence-electron chi connectivity index (χ1n) is 16.8. The van der Waals surface area contributed by atoms with Crippen molar-refractivity contribution in [3.63, 3.8) is 0 Å². The minimum Gasteiger partial charge on any atom is -0.394 e. The van der Waals surface area contributed by atoms with Crippen LogP contribution >= 0.6 is 0 Å². The predicted octanol–water partition coefficient (Wildman–Crippen LogP) is 9.87. The zero-order chi connectivity index (χ0) is 26.4. The summed E-state index contributed by atoms with van der Waals surface area (Å²) in [5, 5.41) is 22.4. The van der Waals surface area contributed by atoms with Gasteiger partial charge in [-0.2, -0.15) is 0 Å². The summed E-state index contributed by atoms with van der Waals surface area (Å²) in [4.78, 5) is 0. The molecule has 0 radical (unpaired) electrons. The lowest BCUT2D eigenvalue weighted by molar-refractivity contribution is 0.0910. The summed E-state index contributed by atoms with van der Waals surface area (Å²) in [5.74, 6) is 0. The predicted molar refractivity (Wildman–Crippen MR) is 161 cm³/mol. The Balaban J connectivity index is 3.66. The highest BCUT2D eigenvalue weighted by Gasteiger charge is 2.10. The molecule has 0 heterocycles. The summed E-state index contributed by atoms with van der Waals surface area (Å²) in [7, 11) is 0. The van der Waals surface area contributed by atoms with Gasteiger partial charge < -0.3 is 15.5 Å². The molecular formula is C33H69NO2. The van der Waals surface area contributed by atoms with E-state index < -0.39 is 6.10 Å². The number of unbranched alkanes of at least 4 members (excludes halogenated alkanes) is 23. The van der Waals surface area contributed by atoms with E-state index in [4.69, 9.17) is 5.11 Å². The zero-order valence-electron chi connectivity index (χ0n) is 25.1. The van der Waals surface area contributed by atoms with E-state index in [1.54, 1.807) is 0 Å². The molecule has 0 aliphatic heterocycles. The molecule has 0 aromatic rings. The SMILES string of the molecule is CCCCCCCCCCCCCCCCCC(CCCCCCCCCCCC)NCC(O)CO. The van der Waals surface area contributed by atoms with Gasteiger partial charge in [-0.3, -0.25) is 0 Å². The molecule has 36 heavy (non-hydrogen) atoms. The second-order valence-electron chi connectivity index (χ2n) is 11.7. The third-order valence-corrected chi connectivity index (χ3v) is 7.92. The van der Waals surface area contributed by atoms with Crippen LogP contribution in [0.15, 0.2) is 0 Å². The van der Waals surface area contributed by atoms with Gasteiger partial charge in [-0.1, -0.05) is 174 Å². The van der Waals surface area contributed by atoms with E-state index in [1.807, 2.05) is 0 Å². The summed E-state index contributed by atoms with van der Waals surface area (Å²) in [6, 6.07) is 0.502. The number of aliphatic hydroxyl groups excluding tert-OH is 2. The molecule has 3 heteroatoms. The first-order valence-corrected chi connectivity index (χ1v) is 16.8. The first kappa shape index (κ1) is 35.9. The molecule has 3 N–H and O–H groups in total. The maximum Gasteiger partial charge on any atom is 0.0895 e. The van der Waals surface area contributed by atoms with E-state index in [0.29, 0.717) is 12.6 Å². The molecule has 0 spiro atoms. The Kier molecular flexibility index (Phi) is 31.0. The molecule has 2 unspecified atom stereocenters. The van der Waals surface area contributed by atoms with Gasteiger partial charge in [-0.15, -0.1) is 0 Å². The first-order chi connectivity index (χ1) is 17.7. The normalized spacial score (nSPS) is 13.3. The van der Waals surface area contributed by atoms with Crippen LogP contribution in [-0.2, 0) is 0 Å². The van der Waals surface area contributed by atoms with Crippen LogP contribution in [0.3, 0.4) is 0 Å². The van der Waals surface area contributed by atoms with Gasteiger partial charge in [0.2, 0.25) is 0 Å². The fourth-order valence-electron chi connectivity index (χ4n) is 5.36. The number of aliphatic hydroxyl groups is 2. The Bertz CT molecular complexity index is 390.